The number of primary amides is 1. The second-order valence-corrected chi connectivity index (χ2v) is 7.59. The molecule has 148 valence electrons. The molecule has 1 fully saturated rings. The Hall–Kier alpha value is -2.51. The van der Waals surface area contributed by atoms with Crippen molar-refractivity contribution in [2.45, 2.75) is 38.3 Å². The monoisotopic (exact) mass is 404 g/mol. The Morgan fingerprint density at radius 1 is 1.32 bits per heavy atom. The van der Waals surface area contributed by atoms with Crippen molar-refractivity contribution in [3.8, 4) is 0 Å². The van der Waals surface area contributed by atoms with Crippen LogP contribution in [0.1, 0.15) is 53.8 Å². The molecule has 0 unspecified atom stereocenters. The van der Waals surface area contributed by atoms with Crippen LogP contribution in [-0.2, 0) is 4.79 Å². The van der Waals surface area contributed by atoms with Gasteiger partial charge in [-0.25, -0.2) is 4.39 Å². The number of hydrogen-bond acceptors (Lipinski definition) is 5. The van der Waals surface area contributed by atoms with Crippen LogP contribution >= 0.6 is 11.6 Å². The molecule has 1 saturated carbocycles. The van der Waals surface area contributed by atoms with E-state index in [1.807, 2.05) is 6.92 Å². The van der Waals surface area contributed by atoms with Crippen molar-refractivity contribution in [1.82, 2.24) is 10.3 Å². The highest BCUT2D eigenvalue weighted by molar-refractivity contribution is 6.35. The largest absolute Gasteiger partial charge is 0.397 e. The quantitative estimate of drug-likeness (QED) is 0.585. The molecule has 5 N–H and O–H groups in total. The number of pyridine rings is 1. The lowest BCUT2D eigenvalue weighted by Gasteiger charge is -2.24. The van der Waals surface area contributed by atoms with Crippen molar-refractivity contribution in [3.05, 3.63) is 58.1 Å². The maximum absolute atomic E-state index is 15.4. The smallest absolute Gasteiger partial charge is 0.218 e. The number of ketones is 1. The fourth-order valence-corrected chi connectivity index (χ4v) is 3.49. The van der Waals surface area contributed by atoms with Gasteiger partial charge in [0, 0.05) is 24.1 Å². The van der Waals surface area contributed by atoms with E-state index in [9.17, 15) is 9.59 Å². The van der Waals surface area contributed by atoms with E-state index in [4.69, 9.17) is 23.1 Å². The van der Waals surface area contributed by atoms with Crippen LogP contribution in [0.4, 0.5) is 10.1 Å². The highest BCUT2D eigenvalue weighted by Crippen LogP contribution is 2.43. The van der Waals surface area contributed by atoms with Crippen LogP contribution < -0.4 is 16.8 Å². The molecule has 6 nitrogen and oxygen atoms in total. The van der Waals surface area contributed by atoms with Gasteiger partial charge in [0.05, 0.1) is 22.5 Å². The summed E-state index contributed by atoms with van der Waals surface area (Å²) in [6.45, 7) is 1.82. The molecular weight excluding hydrogens is 383 g/mol. The zero-order valence-electron chi connectivity index (χ0n) is 15.4. The number of benzene rings is 1. The number of carbonyl (C=O) groups is 2. The van der Waals surface area contributed by atoms with E-state index in [1.165, 1.54) is 24.4 Å². The number of amides is 1. The molecule has 0 saturated heterocycles. The summed E-state index contributed by atoms with van der Waals surface area (Å²) in [4.78, 5) is 28.0. The minimum atomic E-state index is -0.674. The fourth-order valence-electron chi connectivity index (χ4n) is 3.26. The Balaban J connectivity index is 1.95. The molecule has 2 atom stereocenters. The Morgan fingerprint density at radius 3 is 2.61 bits per heavy atom. The van der Waals surface area contributed by atoms with Gasteiger partial charge in [-0.1, -0.05) is 17.7 Å². The highest BCUT2D eigenvalue weighted by atomic mass is 35.5. The predicted octanol–water partition coefficient (Wildman–Crippen LogP) is 2.99. The van der Waals surface area contributed by atoms with Crippen LogP contribution in [0, 0.1) is 11.7 Å². The van der Waals surface area contributed by atoms with E-state index in [2.05, 4.69) is 10.3 Å². The first kappa shape index (κ1) is 20.2. The second-order valence-electron chi connectivity index (χ2n) is 7.18. The average molecular weight is 405 g/mol. The summed E-state index contributed by atoms with van der Waals surface area (Å²) in [6, 6.07) is 5.49. The van der Waals surface area contributed by atoms with Crippen molar-refractivity contribution in [1.29, 1.82) is 0 Å². The molecule has 1 aromatic carbocycles. The molecule has 1 aliphatic rings. The van der Waals surface area contributed by atoms with E-state index in [1.54, 1.807) is 6.07 Å². The summed E-state index contributed by atoms with van der Waals surface area (Å²) in [7, 11) is 0. The number of hydrogen-bond donors (Lipinski definition) is 3. The number of halogens is 2. The normalized spacial score (nSPS) is 15.8. The fraction of sp³-hybridized carbons (Fsp3) is 0.350. The van der Waals surface area contributed by atoms with Gasteiger partial charge in [0.15, 0.2) is 0 Å². The van der Waals surface area contributed by atoms with Gasteiger partial charge in [0.1, 0.15) is 11.5 Å². The van der Waals surface area contributed by atoms with Crippen LogP contribution in [0.3, 0.4) is 0 Å². The van der Waals surface area contributed by atoms with Gasteiger partial charge < -0.3 is 16.8 Å². The number of nitrogens with one attached hydrogen (secondary N) is 1. The standard InChI is InChI=1S/C20H22ClFN4O2/c1-10(8-16(24)27)26-19(11-2-3-11)13-5-6-14(21)17(18(13)22)20(28)15-7-4-12(23)9-25-15/h4-7,9-11,19,26H,2-3,8,23H2,1H3,(H2,24,27)/t10-,19-/m1/s1. The first-order valence-corrected chi connectivity index (χ1v) is 9.44. The lowest BCUT2D eigenvalue weighted by atomic mass is 9.95. The molecule has 1 amide bonds. The Bertz CT molecular complexity index is 900. The number of aromatic nitrogens is 1. The van der Waals surface area contributed by atoms with Crippen molar-refractivity contribution in [2.24, 2.45) is 11.7 Å². The van der Waals surface area contributed by atoms with E-state index in [-0.39, 0.29) is 40.7 Å². The van der Waals surface area contributed by atoms with E-state index >= 15 is 4.39 Å². The third kappa shape index (κ3) is 4.48. The van der Waals surface area contributed by atoms with Crippen LogP contribution in [0.25, 0.3) is 0 Å². The minimum Gasteiger partial charge on any atom is -0.397 e. The third-order valence-electron chi connectivity index (χ3n) is 4.77. The summed E-state index contributed by atoms with van der Waals surface area (Å²) >= 11 is 6.16. The molecule has 0 bridgehead atoms. The van der Waals surface area contributed by atoms with Crippen molar-refractivity contribution in [2.75, 3.05) is 5.73 Å². The third-order valence-corrected chi connectivity index (χ3v) is 5.08. The van der Waals surface area contributed by atoms with Crippen molar-refractivity contribution < 1.29 is 14.0 Å². The van der Waals surface area contributed by atoms with Crippen LogP contribution in [0.5, 0.6) is 0 Å². The van der Waals surface area contributed by atoms with Crippen LogP contribution in [-0.4, -0.2) is 22.7 Å². The molecule has 1 aromatic heterocycles. The maximum Gasteiger partial charge on any atom is 0.218 e. The first-order valence-electron chi connectivity index (χ1n) is 9.06. The lowest BCUT2D eigenvalue weighted by molar-refractivity contribution is -0.118. The molecule has 8 heteroatoms. The maximum atomic E-state index is 15.4. The SMILES string of the molecule is C[C@H](CC(N)=O)N[C@@H](c1ccc(Cl)c(C(=O)c2ccc(N)cn2)c1F)C1CC1. The molecular formula is C20H22ClFN4O2. The predicted molar refractivity (Wildman–Crippen MR) is 105 cm³/mol. The molecule has 0 aliphatic heterocycles. The second kappa shape index (κ2) is 8.24. The average Bonchev–Trinajstić information content (AvgIpc) is 3.45. The number of nitrogens with zero attached hydrogens (tertiary/aromatic N) is 1. The number of anilines is 1. The summed E-state index contributed by atoms with van der Waals surface area (Å²) in [5, 5.41) is 3.29. The highest BCUT2D eigenvalue weighted by Gasteiger charge is 2.36. The van der Waals surface area contributed by atoms with Gasteiger partial charge in [-0.3, -0.25) is 14.6 Å². The number of nitrogens with two attached hydrogens (primary N) is 2. The number of carbonyl (C=O) groups excluding carboxylic acids is 2. The molecule has 28 heavy (non-hydrogen) atoms. The Kier molecular flexibility index (Phi) is 5.96. The first-order chi connectivity index (χ1) is 13.3. The molecule has 1 heterocycles. The van der Waals surface area contributed by atoms with Gasteiger partial charge in [0.25, 0.3) is 0 Å². The summed E-state index contributed by atoms with van der Waals surface area (Å²) in [5.41, 5.74) is 11.4. The zero-order valence-corrected chi connectivity index (χ0v) is 16.2. The summed E-state index contributed by atoms with van der Waals surface area (Å²) in [5.74, 6) is -1.49. The minimum absolute atomic E-state index is 0.0182. The molecule has 3 rings (SSSR count). The van der Waals surface area contributed by atoms with Gasteiger partial charge in [-0.2, -0.15) is 0 Å². The number of rotatable bonds is 8. The molecule has 0 radical (unpaired) electrons. The van der Waals surface area contributed by atoms with Crippen LogP contribution in [0.2, 0.25) is 5.02 Å². The molecule has 0 spiro atoms. The summed E-state index contributed by atoms with van der Waals surface area (Å²) < 4.78 is 15.4. The number of nitrogen functional groups attached to an aromatic ring is 1. The van der Waals surface area contributed by atoms with Gasteiger partial charge in [-0.05, 0) is 43.9 Å². The Morgan fingerprint density at radius 2 is 2.04 bits per heavy atom. The molecule has 1 aliphatic carbocycles. The van der Waals surface area contributed by atoms with E-state index < -0.39 is 17.5 Å². The van der Waals surface area contributed by atoms with Gasteiger partial charge >= 0.3 is 0 Å². The van der Waals surface area contributed by atoms with Crippen molar-refractivity contribution in [3.63, 3.8) is 0 Å². The summed E-state index contributed by atoms with van der Waals surface area (Å²) in [6.07, 6.45) is 3.35. The van der Waals surface area contributed by atoms with Crippen LogP contribution in [0.15, 0.2) is 30.5 Å². The van der Waals surface area contributed by atoms with E-state index in [0.29, 0.717) is 11.3 Å². The van der Waals surface area contributed by atoms with E-state index in [0.717, 1.165) is 12.8 Å². The van der Waals surface area contributed by atoms with Crippen molar-refractivity contribution >= 4 is 29.0 Å². The molecule has 2 aromatic rings. The van der Waals surface area contributed by atoms with Gasteiger partial charge in [0.2, 0.25) is 11.7 Å². The lowest BCUT2D eigenvalue weighted by Crippen LogP contribution is -2.35. The van der Waals surface area contributed by atoms with Gasteiger partial charge in [-0.15, -0.1) is 0 Å². The zero-order chi connectivity index (χ0) is 20.4. The topological polar surface area (TPSA) is 111 Å². The Labute approximate surface area is 167 Å².